The predicted octanol–water partition coefficient (Wildman–Crippen LogP) is 4.50. The molecule has 0 saturated carbocycles. The van der Waals surface area contributed by atoms with Crippen molar-refractivity contribution in [2.24, 2.45) is 0 Å². The molecule has 0 unspecified atom stereocenters. The third-order valence-electron chi connectivity index (χ3n) is 5.04. The Morgan fingerprint density at radius 1 is 1.15 bits per heavy atom. The van der Waals surface area contributed by atoms with E-state index in [2.05, 4.69) is 32.0 Å². The number of likely N-dealkylation sites (tertiary alicyclic amines) is 1. The summed E-state index contributed by atoms with van der Waals surface area (Å²) in [6.07, 6.45) is 8.92. The van der Waals surface area contributed by atoms with Gasteiger partial charge in [-0.25, -0.2) is 9.97 Å². The zero-order chi connectivity index (χ0) is 18.6. The van der Waals surface area contributed by atoms with Crippen molar-refractivity contribution in [2.45, 2.75) is 31.8 Å². The van der Waals surface area contributed by atoms with Crippen LogP contribution in [0.15, 0.2) is 55.0 Å². The Hall–Kier alpha value is -2.50. The van der Waals surface area contributed by atoms with Crippen LogP contribution in [0.2, 0.25) is 5.02 Å². The molecule has 2 aromatic heterocycles. The smallest absolute Gasteiger partial charge is 0.220 e. The van der Waals surface area contributed by atoms with Crippen molar-refractivity contribution in [3.05, 3.63) is 71.3 Å². The minimum atomic E-state index is 0.200. The zero-order valence-corrected chi connectivity index (χ0v) is 15.8. The van der Waals surface area contributed by atoms with Crippen LogP contribution in [0.3, 0.4) is 0 Å². The number of benzene rings is 1. The van der Waals surface area contributed by atoms with Gasteiger partial charge in [-0.3, -0.25) is 9.88 Å². The molecule has 0 amide bonds. The number of anilines is 1. The molecule has 0 bridgehead atoms. The Bertz CT molecular complexity index is 915. The largest absolute Gasteiger partial charge is 0.368 e. The molecule has 1 aromatic carbocycles. The van der Waals surface area contributed by atoms with Gasteiger partial charge in [-0.05, 0) is 54.8 Å². The fraction of sp³-hybridized carbons (Fsp3) is 0.286. The monoisotopic (exact) mass is 379 g/mol. The first-order chi connectivity index (χ1) is 13.2. The van der Waals surface area contributed by atoms with Gasteiger partial charge in [0.05, 0.1) is 11.7 Å². The van der Waals surface area contributed by atoms with E-state index in [0.717, 1.165) is 36.3 Å². The third-order valence-corrected chi connectivity index (χ3v) is 5.27. The minimum Gasteiger partial charge on any atom is -0.368 e. The van der Waals surface area contributed by atoms with E-state index >= 15 is 0 Å². The number of halogens is 1. The molecule has 4 rings (SSSR count). The molecular formula is C21H22ClN5. The third kappa shape index (κ3) is 4.10. The topological polar surface area (TPSA) is 67.9 Å². The Morgan fingerprint density at radius 3 is 2.81 bits per heavy atom. The number of nitrogen functional groups attached to an aromatic ring is 1. The second-order valence-corrected chi connectivity index (χ2v) is 7.31. The molecule has 1 aliphatic heterocycles. The predicted molar refractivity (Wildman–Crippen MR) is 108 cm³/mol. The second-order valence-electron chi connectivity index (χ2n) is 6.87. The number of hydrogen-bond donors (Lipinski definition) is 1. The van der Waals surface area contributed by atoms with Gasteiger partial charge in [-0.1, -0.05) is 30.2 Å². The number of rotatable bonds is 4. The SMILES string of the molecule is Nc1ncc(-c2cccc(Cl)c2)c([C@H]2CCCCN2Cc2ccncc2)n1. The van der Waals surface area contributed by atoms with Gasteiger partial charge in [0.15, 0.2) is 0 Å². The van der Waals surface area contributed by atoms with E-state index in [1.807, 2.05) is 42.9 Å². The van der Waals surface area contributed by atoms with Gasteiger partial charge in [-0.15, -0.1) is 0 Å². The number of pyridine rings is 1. The van der Waals surface area contributed by atoms with Crippen molar-refractivity contribution in [2.75, 3.05) is 12.3 Å². The summed E-state index contributed by atoms with van der Waals surface area (Å²) >= 11 is 6.22. The lowest BCUT2D eigenvalue weighted by Gasteiger charge is -2.36. The average Bonchev–Trinajstić information content (AvgIpc) is 2.69. The summed E-state index contributed by atoms with van der Waals surface area (Å²) in [6.45, 7) is 1.90. The molecule has 0 radical (unpaired) electrons. The van der Waals surface area contributed by atoms with Gasteiger partial charge >= 0.3 is 0 Å². The number of nitrogens with two attached hydrogens (primary N) is 1. The highest BCUT2D eigenvalue weighted by atomic mass is 35.5. The van der Waals surface area contributed by atoms with Gasteiger partial charge in [0, 0.05) is 35.7 Å². The number of aromatic nitrogens is 3. The van der Waals surface area contributed by atoms with Gasteiger partial charge in [0.1, 0.15) is 0 Å². The highest BCUT2D eigenvalue weighted by molar-refractivity contribution is 6.30. The van der Waals surface area contributed by atoms with Gasteiger partial charge in [0.25, 0.3) is 0 Å². The van der Waals surface area contributed by atoms with Crippen molar-refractivity contribution in [3.63, 3.8) is 0 Å². The van der Waals surface area contributed by atoms with Crippen LogP contribution in [0.1, 0.15) is 36.6 Å². The Balaban J connectivity index is 1.72. The first-order valence-electron chi connectivity index (χ1n) is 9.22. The molecule has 0 spiro atoms. The fourth-order valence-corrected chi connectivity index (χ4v) is 3.94. The van der Waals surface area contributed by atoms with E-state index in [1.165, 1.54) is 18.4 Å². The van der Waals surface area contributed by atoms with E-state index in [0.29, 0.717) is 11.0 Å². The summed E-state index contributed by atoms with van der Waals surface area (Å²) in [4.78, 5) is 15.5. The van der Waals surface area contributed by atoms with Crippen LogP contribution >= 0.6 is 11.6 Å². The van der Waals surface area contributed by atoms with Gasteiger partial charge in [-0.2, -0.15) is 0 Å². The molecular weight excluding hydrogens is 358 g/mol. The van der Waals surface area contributed by atoms with Crippen LogP contribution in [0.4, 0.5) is 5.95 Å². The summed E-state index contributed by atoms with van der Waals surface area (Å²) in [7, 11) is 0. The molecule has 2 N–H and O–H groups in total. The Kier molecular flexibility index (Phi) is 5.32. The van der Waals surface area contributed by atoms with Crippen molar-refractivity contribution in [1.29, 1.82) is 0 Å². The molecule has 5 nitrogen and oxygen atoms in total. The fourth-order valence-electron chi connectivity index (χ4n) is 3.75. The molecule has 1 aliphatic rings. The summed E-state index contributed by atoms with van der Waals surface area (Å²) in [5.74, 6) is 0.310. The lowest BCUT2D eigenvalue weighted by Crippen LogP contribution is -2.34. The van der Waals surface area contributed by atoms with Crippen LogP contribution in [-0.4, -0.2) is 26.4 Å². The number of nitrogens with zero attached hydrogens (tertiary/aromatic N) is 4. The lowest BCUT2D eigenvalue weighted by atomic mass is 9.93. The molecule has 1 fully saturated rings. The zero-order valence-electron chi connectivity index (χ0n) is 15.1. The van der Waals surface area contributed by atoms with Gasteiger partial charge < -0.3 is 5.73 Å². The summed E-state index contributed by atoms with van der Waals surface area (Å²) in [5.41, 5.74) is 10.2. The van der Waals surface area contributed by atoms with Crippen molar-refractivity contribution < 1.29 is 0 Å². The van der Waals surface area contributed by atoms with E-state index in [-0.39, 0.29) is 6.04 Å². The van der Waals surface area contributed by atoms with Crippen LogP contribution in [0.25, 0.3) is 11.1 Å². The summed E-state index contributed by atoms with van der Waals surface area (Å²) in [5, 5.41) is 0.701. The molecule has 27 heavy (non-hydrogen) atoms. The molecule has 3 heterocycles. The average molecular weight is 380 g/mol. The van der Waals surface area contributed by atoms with Crippen LogP contribution < -0.4 is 5.73 Å². The van der Waals surface area contributed by atoms with Crippen molar-refractivity contribution in [1.82, 2.24) is 19.9 Å². The normalized spacial score (nSPS) is 17.7. The first kappa shape index (κ1) is 17.9. The first-order valence-corrected chi connectivity index (χ1v) is 9.60. The maximum Gasteiger partial charge on any atom is 0.220 e. The van der Waals surface area contributed by atoms with Crippen molar-refractivity contribution in [3.8, 4) is 11.1 Å². The molecule has 0 aliphatic carbocycles. The molecule has 6 heteroatoms. The quantitative estimate of drug-likeness (QED) is 0.722. The van der Waals surface area contributed by atoms with Gasteiger partial charge in [0.2, 0.25) is 5.95 Å². The summed E-state index contributed by atoms with van der Waals surface area (Å²) in [6, 6.07) is 12.2. The Labute approximate surface area is 164 Å². The molecule has 1 saturated heterocycles. The Morgan fingerprint density at radius 2 is 2.00 bits per heavy atom. The number of piperidine rings is 1. The lowest BCUT2D eigenvalue weighted by molar-refractivity contribution is 0.137. The molecule has 1 atom stereocenters. The van der Waals surface area contributed by atoms with Crippen LogP contribution in [0.5, 0.6) is 0 Å². The van der Waals surface area contributed by atoms with Crippen LogP contribution in [0, 0.1) is 0 Å². The second kappa shape index (κ2) is 8.03. The minimum absolute atomic E-state index is 0.200. The van der Waals surface area contributed by atoms with E-state index in [4.69, 9.17) is 17.3 Å². The van der Waals surface area contributed by atoms with E-state index in [1.54, 1.807) is 0 Å². The maximum atomic E-state index is 6.22. The van der Waals surface area contributed by atoms with E-state index in [9.17, 15) is 0 Å². The highest BCUT2D eigenvalue weighted by Crippen LogP contribution is 2.37. The maximum absolute atomic E-state index is 6.22. The molecule has 138 valence electrons. The van der Waals surface area contributed by atoms with Crippen LogP contribution in [-0.2, 0) is 6.54 Å². The summed E-state index contributed by atoms with van der Waals surface area (Å²) < 4.78 is 0. The number of hydrogen-bond acceptors (Lipinski definition) is 5. The standard InChI is InChI=1S/C21H22ClN5/c22-17-5-3-4-16(12-17)18-13-25-21(23)26-20(18)19-6-1-2-11-27(19)14-15-7-9-24-10-8-15/h3-5,7-10,12-13,19H,1-2,6,11,14H2,(H2,23,25,26)/t19-/m1/s1. The van der Waals surface area contributed by atoms with E-state index < -0.39 is 0 Å². The molecule has 3 aromatic rings. The van der Waals surface area contributed by atoms with Crippen molar-refractivity contribution >= 4 is 17.5 Å². The highest BCUT2D eigenvalue weighted by Gasteiger charge is 2.28.